The van der Waals surface area contributed by atoms with E-state index in [-0.39, 0.29) is 17.9 Å². The number of aromatic nitrogens is 1. The molecule has 0 spiro atoms. The zero-order valence-corrected chi connectivity index (χ0v) is 22.8. The van der Waals surface area contributed by atoms with Crippen molar-refractivity contribution < 1.29 is 19.1 Å². The van der Waals surface area contributed by atoms with E-state index < -0.39 is 17.4 Å². The van der Waals surface area contributed by atoms with Gasteiger partial charge in [0, 0.05) is 53.6 Å². The zero-order chi connectivity index (χ0) is 28.9. The van der Waals surface area contributed by atoms with Gasteiger partial charge in [0.2, 0.25) is 11.8 Å². The number of Topliss-reactive ketones (excluding diaryl/α,β-unsaturated/α-hetero) is 1. The number of benzene rings is 2. The van der Waals surface area contributed by atoms with Gasteiger partial charge < -0.3 is 32.2 Å². The third-order valence-electron chi connectivity index (χ3n) is 7.69. The molecule has 1 fully saturated rings. The minimum absolute atomic E-state index is 0.183. The second-order valence-corrected chi connectivity index (χ2v) is 11.2. The SMILES string of the molecule is C=CC(=O)N1CCC(NC(=O)c2sc3c(N)ccc4c3c2C(N)C(=O)C4(N)c2ccc(Oc3ccccc3)nc2)C1. The van der Waals surface area contributed by atoms with Gasteiger partial charge in [0.05, 0.1) is 15.6 Å². The Morgan fingerprint density at radius 1 is 1.17 bits per heavy atom. The van der Waals surface area contributed by atoms with Crippen LogP contribution in [0.1, 0.15) is 38.8 Å². The number of thiophene rings is 1. The number of pyridine rings is 1. The number of amides is 2. The molecule has 3 heterocycles. The number of ketones is 1. The van der Waals surface area contributed by atoms with Crippen molar-refractivity contribution in [2.24, 2.45) is 11.5 Å². The van der Waals surface area contributed by atoms with Gasteiger partial charge in [-0.2, -0.15) is 0 Å². The van der Waals surface area contributed by atoms with E-state index in [2.05, 4.69) is 16.9 Å². The van der Waals surface area contributed by atoms with Crippen LogP contribution in [0.5, 0.6) is 11.6 Å². The number of nitrogens with zero attached hydrogens (tertiary/aromatic N) is 2. The molecule has 41 heavy (non-hydrogen) atoms. The van der Waals surface area contributed by atoms with Crippen LogP contribution in [0.4, 0.5) is 5.69 Å². The summed E-state index contributed by atoms with van der Waals surface area (Å²) < 4.78 is 6.43. The fourth-order valence-electron chi connectivity index (χ4n) is 5.59. The number of carbonyl (C=O) groups excluding carboxylic acids is 3. The van der Waals surface area contributed by atoms with E-state index in [1.54, 1.807) is 29.2 Å². The molecular weight excluding hydrogens is 540 g/mol. The summed E-state index contributed by atoms with van der Waals surface area (Å²) in [5.41, 5.74) is 20.0. The number of hydrogen-bond donors (Lipinski definition) is 4. The molecule has 3 unspecified atom stereocenters. The Kier molecular flexibility index (Phi) is 6.57. The summed E-state index contributed by atoms with van der Waals surface area (Å²) in [4.78, 5) is 45.8. The van der Waals surface area contributed by atoms with Gasteiger partial charge in [0.15, 0.2) is 5.78 Å². The molecule has 2 aromatic heterocycles. The molecule has 10 nitrogen and oxygen atoms in total. The van der Waals surface area contributed by atoms with Gasteiger partial charge in [-0.15, -0.1) is 11.3 Å². The van der Waals surface area contributed by atoms with Gasteiger partial charge in [-0.05, 0) is 42.3 Å². The largest absolute Gasteiger partial charge is 0.439 e. The maximum absolute atomic E-state index is 14.0. The average molecular weight is 569 g/mol. The van der Waals surface area contributed by atoms with E-state index in [0.717, 1.165) is 0 Å². The maximum atomic E-state index is 14.0. The van der Waals surface area contributed by atoms with E-state index in [4.69, 9.17) is 21.9 Å². The number of likely N-dealkylation sites (tertiary alicyclic amines) is 1. The number of ether oxygens (including phenoxy) is 1. The van der Waals surface area contributed by atoms with Gasteiger partial charge in [0.1, 0.15) is 11.3 Å². The molecule has 208 valence electrons. The fourth-order valence-corrected chi connectivity index (χ4v) is 6.79. The van der Waals surface area contributed by atoms with Crippen molar-refractivity contribution in [1.82, 2.24) is 15.2 Å². The Morgan fingerprint density at radius 3 is 2.66 bits per heavy atom. The number of nitrogens with two attached hydrogens (primary N) is 3. The molecule has 0 bridgehead atoms. The molecule has 11 heteroatoms. The molecule has 1 saturated heterocycles. The van der Waals surface area contributed by atoms with Gasteiger partial charge >= 0.3 is 0 Å². The van der Waals surface area contributed by atoms with Crippen molar-refractivity contribution in [3.63, 3.8) is 0 Å². The van der Waals surface area contributed by atoms with Crippen LogP contribution in [-0.2, 0) is 15.1 Å². The molecule has 2 amide bonds. The summed E-state index contributed by atoms with van der Waals surface area (Å²) in [5, 5.41) is 3.60. The number of para-hydroxylation sites is 1. The highest BCUT2D eigenvalue weighted by Gasteiger charge is 2.49. The molecule has 1 aliphatic heterocycles. The van der Waals surface area contributed by atoms with Crippen molar-refractivity contribution in [3.8, 4) is 11.6 Å². The molecule has 6 rings (SSSR count). The number of anilines is 1. The molecule has 2 aliphatic rings. The van der Waals surface area contributed by atoms with E-state index >= 15 is 0 Å². The second kappa shape index (κ2) is 10.1. The van der Waals surface area contributed by atoms with Gasteiger partial charge in [-0.3, -0.25) is 14.4 Å². The third kappa shape index (κ3) is 4.34. The van der Waals surface area contributed by atoms with E-state index in [1.807, 2.05) is 30.3 Å². The quantitative estimate of drug-likeness (QED) is 0.203. The smallest absolute Gasteiger partial charge is 0.262 e. The first kappa shape index (κ1) is 26.6. The van der Waals surface area contributed by atoms with Crippen LogP contribution in [0.25, 0.3) is 10.1 Å². The Labute approximate surface area is 239 Å². The number of rotatable bonds is 6. The van der Waals surface area contributed by atoms with Crippen LogP contribution in [-0.4, -0.2) is 46.6 Å². The number of nitrogen functional groups attached to an aromatic ring is 1. The molecule has 7 N–H and O–H groups in total. The van der Waals surface area contributed by atoms with Crippen LogP contribution < -0.4 is 27.3 Å². The van der Waals surface area contributed by atoms with Gasteiger partial charge in [-0.25, -0.2) is 4.98 Å². The van der Waals surface area contributed by atoms with Crippen molar-refractivity contribution in [1.29, 1.82) is 0 Å². The van der Waals surface area contributed by atoms with Crippen LogP contribution >= 0.6 is 11.3 Å². The monoisotopic (exact) mass is 568 g/mol. The van der Waals surface area contributed by atoms with Crippen molar-refractivity contribution in [2.45, 2.75) is 24.0 Å². The summed E-state index contributed by atoms with van der Waals surface area (Å²) in [7, 11) is 0. The molecule has 2 aromatic carbocycles. The van der Waals surface area contributed by atoms with E-state index in [9.17, 15) is 14.4 Å². The predicted molar refractivity (Wildman–Crippen MR) is 157 cm³/mol. The maximum Gasteiger partial charge on any atom is 0.262 e. The summed E-state index contributed by atoms with van der Waals surface area (Å²) in [6.45, 7) is 4.41. The Bertz CT molecular complexity index is 1700. The first-order valence-electron chi connectivity index (χ1n) is 13.1. The summed E-state index contributed by atoms with van der Waals surface area (Å²) in [5.74, 6) is -0.0595. The van der Waals surface area contributed by atoms with E-state index in [1.165, 1.54) is 23.6 Å². The number of nitrogens with one attached hydrogen (secondary N) is 1. The highest BCUT2D eigenvalue weighted by molar-refractivity contribution is 7.21. The Morgan fingerprint density at radius 2 is 1.95 bits per heavy atom. The number of carbonyl (C=O) groups is 3. The van der Waals surface area contributed by atoms with Crippen molar-refractivity contribution >= 4 is 44.7 Å². The summed E-state index contributed by atoms with van der Waals surface area (Å²) in [6.07, 6.45) is 3.37. The summed E-state index contributed by atoms with van der Waals surface area (Å²) in [6, 6.07) is 14.5. The second-order valence-electron chi connectivity index (χ2n) is 10.1. The molecule has 3 atom stereocenters. The lowest BCUT2D eigenvalue weighted by Gasteiger charge is -2.36. The standard InChI is InChI=1S/C30H28N6O4S/c1-2-22(37)36-13-12-17(15-36)35-29(39)27-24-23-19(9-10-20(31)26(23)41-27)30(33,28(38)25(24)32)16-8-11-21(34-14-16)40-18-6-4-3-5-7-18/h2-11,14,17,25H,1,12-13,15,31-33H2,(H,35,39). The first-order chi connectivity index (χ1) is 19.7. The van der Waals surface area contributed by atoms with Crippen molar-refractivity contribution in [2.75, 3.05) is 18.8 Å². The summed E-state index contributed by atoms with van der Waals surface area (Å²) >= 11 is 1.18. The Hall–Kier alpha value is -4.58. The molecule has 1 aliphatic carbocycles. The first-order valence-corrected chi connectivity index (χ1v) is 13.9. The van der Waals surface area contributed by atoms with Crippen LogP contribution in [0.2, 0.25) is 0 Å². The average Bonchev–Trinajstić information content (AvgIpc) is 3.62. The molecule has 0 saturated carbocycles. The van der Waals surface area contributed by atoms with Crippen molar-refractivity contribution in [3.05, 3.63) is 95.0 Å². The minimum atomic E-state index is -1.62. The lowest BCUT2D eigenvalue weighted by Crippen LogP contribution is -2.52. The highest BCUT2D eigenvalue weighted by Crippen LogP contribution is 2.49. The topological polar surface area (TPSA) is 167 Å². The molecular formula is C30H28N6O4S. The van der Waals surface area contributed by atoms with Crippen LogP contribution in [0.3, 0.4) is 0 Å². The minimum Gasteiger partial charge on any atom is -0.439 e. The zero-order valence-electron chi connectivity index (χ0n) is 22.0. The van der Waals surface area contributed by atoms with Crippen LogP contribution in [0, 0.1) is 0 Å². The van der Waals surface area contributed by atoms with Gasteiger partial charge in [-0.1, -0.05) is 30.8 Å². The highest BCUT2D eigenvalue weighted by atomic mass is 32.1. The predicted octanol–water partition coefficient (Wildman–Crippen LogP) is 2.97. The Balaban J connectivity index is 1.37. The molecule has 0 radical (unpaired) electrons. The lowest BCUT2D eigenvalue weighted by molar-refractivity contribution is -0.125. The van der Waals surface area contributed by atoms with E-state index in [0.29, 0.717) is 68.5 Å². The normalized spacial score (nSPS) is 21.6. The molecule has 4 aromatic rings. The lowest BCUT2D eigenvalue weighted by atomic mass is 9.71. The van der Waals surface area contributed by atoms with Crippen LogP contribution in [0.15, 0.2) is 73.4 Å². The third-order valence-corrected chi connectivity index (χ3v) is 8.94. The van der Waals surface area contributed by atoms with Gasteiger partial charge in [0.25, 0.3) is 5.91 Å². The fraction of sp³-hybridized carbons (Fsp3) is 0.200. The number of hydrogen-bond acceptors (Lipinski definition) is 9.